The molecule has 1 atom stereocenters. The average Bonchev–Trinajstić information content (AvgIpc) is 2.65. The largest absolute Gasteiger partial charge is 0.356 e. The second-order valence-electron chi connectivity index (χ2n) is 3.42. The maximum Gasteiger partial charge on any atom is 0.219 e. The fourth-order valence-corrected chi connectivity index (χ4v) is 4.48. The van der Waals surface area contributed by atoms with Crippen molar-refractivity contribution >= 4 is 27.5 Å². The number of carbonyl (C=O) groups is 1. The van der Waals surface area contributed by atoms with E-state index in [1.807, 2.05) is 21.6 Å². The number of nitrogens with one attached hydrogen (secondary N) is 1. The van der Waals surface area contributed by atoms with Crippen LogP contribution in [0.5, 0.6) is 0 Å². The standard InChI is InChI=1S/C10H18NOS2/c1-2-11-10(12)6-4-3-5-9-7-8-13-14-9/h9H,1-8H2,(H,11,12). The lowest BCUT2D eigenvalue weighted by Gasteiger charge is -2.06. The Morgan fingerprint density at radius 3 is 3.00 bits per heavy atom. The Morgan fingerprint density at radius 1 is 1.50 bits per heavy atom. The number of carbonyl (C=O) groups excluding carboxylic acids is 1. The SMILES string of the molecule is [CH2]CNC(=O)CCCCC1CCSS1. The Morgan fingerprint density at radius 2 is 2.36 bits per heavy atom. The Balaban J connectivity index is 1.90. The van der Waals surface area contributed by atoms with Crippen LogP contribution < -0.4 is 5.32 Å². The fourth-order valence-electron chi connectivity index (χ4n) is 1.45. The molecule has 1 N–H and O–H groups in total. The van der Waals surface area contributed by atoms with Crippen LogP contribution in [0.2, 0.25) is 0 Å². The molecule has 0 saturated carbocycles. The van der Waals surface area contributed by atoms with E-state index in [2.05, 4.69) is 12.2 Å². The van der Waals surface area contributed by atoms with Crippen LogP contribution in [-0.4, -0.2) is 23.5 Å². The highest BCUT2D eigenvalue weighted by molar-refractivity contribution is 8.77. The Bertz CT molecular complexity index is 170. The van der Waals surface area contributed by atoms with Crippen LogP contribution >= 0.6 is 21.6 Å². The molecule has 0 bridgehead atoms. The first-order valence-electron chi connectivity index (χ1n) is 5.17. The number of hydrogen-bond acceptors (Lipinski definition) is 3. The molecular weight excluding hydrogens is 214 g/mol. The molecule has 1 saturated heterocycles. The molecule has 4 heteroatoms. The van der Waals surface area contributed by atoms with Gasteiger partial charge in [-0.15, -0.1) is 0 Å². The lowest BCUT2D eigenvalue weighted by Crippen LogP contribution is -2.22. The van der Waals surface area contributed by atoms with E-state index in [1.165, 1.54) is 25.0 Å². The van der Waals surface area contributed by atoms with Gasteiger partial charge in [-0.1, -0.05) is 28.0 Å². The van der Waals surface area contributed by atoms with E-state index in [1.54, 1.807) is 0 Å². The second-order valence-corrected chi connectivity index (χ2v) is 6.21. The molecule has 14 heavy (non-hydrogen) atoms. The summed E-state index contributed by atoms with van der Waals surface area (Å²) in [5.74, 6) is 1.45. The number of unbranched alkanes of at least 4 members (excludes halogenated alkanes) is 1. The molecule has 1 amide bonds. The molecule has 1 fully saturated rings. The molecular formula is C10H18NOS2. The normalized spacial score (nSPS) is 21.1. The first-order chi connectivity index (χ1) is 6.83. The van der Waals surface area contributed by atoms with Crippen LogP contribution in [0.4, 0.5) is 0 Å². The smallest absolute Gasteiger partial charge is 0.219 e. The molecule has 0 aromatic heterocycles. The van der Waals surface area contributed by atoms with Crippen molar-refractivity contribution in [1.82, 2.24) is 5.32 Å². The van der Waals surface area contributed by atoms with Crippen LogP contribution in [0.3, 0.4) is 0 Å². The van der Waals surface area contributed by atoms with Crippen LogP contribution in [0, 0.1) is 6.92 Å². The van der Waals surface area contributed by atoms with Crippen molar-refractivity contribution in [3.8, 4) is 0 Å². The van der Waals surface area contributed by atoms with Gasteiger partial charge in [-0.05, 0) is 26.2 Å². The molecule has 1 aliphatic rings. The zero-order valence-electron chi connectivity index (χ0n) is 8.46. The molecule has 0 aromatic carbocycles. The van der Waals surface area contributed by atoms with Crippen molar-refractivity contribution in [2.75, 3.05) is 12.3 Å². The van der Waals surface area contributed by atoms with Crippen molar-refractivity contribution in [1.29, 1.82) is 0 Å². The van der Waals surface area contributed by atoms with Gasteiger partial charge >= 0.3 is 0 Å². The zero-order chi connectivity index (χ0) is 10.2. The highest BCUT2D eigenvalue weighted by Crippen LogP contribution is 2.39. The minimum atomic E-state index is 0.147. The molecule has 1 aliphatic heterocycles. The Kier molecular flexibility index (Phi) is 6.52. The van der Waals surface area contributed by atoms with Gasteiger partial charge in [0.25, 0.3) is 0 Å². The first-order valence-corrected chi connectivity index (χ1v) is 7.55. The van der Waals surface area contributed by atoms with E-state index in [9.17, 15) is 4.79 Å². The summed E-state index contributed by atoms with van der Waals surface area (Å²) >= 11 is 0. The number of rotatable bonds is 6. The van der Waals surface area contributed by atoms with Crippen LogP contribution in [-0.2, 0) is 4.79 Å². The summed E-state index contributed by atoms with van der Waals surface area (Å²) in [4.78, 5) is 11.1. The van der Waals surface area contributed by atoms with E-state index in [0.29, 0.717) is 13.0 Å². The quantitative estimate of drug-likeness (QED) is 0.564. The molecule has 1 rings (SSSR count). The minimum absolute atomic E-state index is 0.147. The Hall–Kier alpha value is 0.170. The lowest BCUT2D eigenvalue weighted by molar-refractivity contribution is -0.121. The van der Waals surface area contributed by atoms with Gasteiger partial charge in [-0.25, -0.2) is 0 Å². The number of amides is 1. The van der Waals surface area contributed by atoms with Crippen LogP contribution in [0.15, 0.2) is 0 Å². The molecule has 1 heterocycles. The highest BCUT2D eigenvalue weighted by atomic mass is 33.1. The van der Waals surface area contributed by atoms with Crippen molar-refractivity contribution < 1.29 is 4.79 Å². The van der Waals surface area contributed by atoms with Crippen molar-refractivity contribution in [2.45, 2.75) is 37.4 Å². The highest BCUT2D eigenvalue weighted by Gasteiger charge is 2.15. The van der Waals surface area contributed by atoms with E-state index >= 15 is 0 Å². The third kappa shape index (κ3) is 5.15. The lowest BCUT2D eigenvalue weighted by atomic mass is 10.1. The van der Waals surface area contributed by atoms with Gasteiger partial charge in [0.05, 0.1) is 0 Å². The zero-order valence-corrected chi connectivity index (χ0v) is 10.1. The molecule has 0 spiro atoms. The summed E-state index contributed by atoms with van der Waals surface area (Å²) in [6, 6.07) is 0. The summed E-state index contributed by atoms with van der Waals surface area (Å²) in [6.07, 6.45) is 5.49. The summed E-state index contributed by atoms with van der Waals surface area (Å²) in [7, 11) is 4.00. The average molecular weight is 232 g/mol. The third-order valence-corrected chi connectivity index (χ3v) is 5.24. The van der Waals surface area contributed by atoms with Gasteiger partial charge < -0.3 is 5.32 Å². The Labute approximate surface area is 94.4 Å². The summed E-state index contributed by atoms with van der Waals surface area (Å²) in [5.41, 5.74) is 0. The minimum Gasteiger partial charge on any atom is -0.356 e. The van der Waals surface area contributed by atoms with Gasteiger partial charge in [-0.3, -0.25) is 4.79 Å². The molecule has 2 nitrogen and oxygen atoms in total. The maximum absolute atomic E-state index is 11.1. The van der Waals surface area contributed by atoms with E-state index in [4.69, 9.17) is 0 Å². The van der Waals surface area contributed by atoms with Crippen molar-refractivity contribution in [3.63, 3.8) is 0 Å². The summed E-state index contributed by atoms with van der Waals surface area (Å²) in [6.45, 7) is 4.09. The summed E-state index contributed by atoms with van der Waals surface area (Å²) in [5, 5.41) is 3.56. The van der Waals surface area contributed by atoms with Crippen LogP contribution in [0.1, 0.15) is 32.1 Å². The maximum atomic E-state index is 11.1. The number of hydrogen-bond donors (Lipinski definition) is 1. The van der Waals surface area contributed by atoms with Gasteiger partial charge in [0, 0.05) is 24.0 Å². The first kappa shape index (κ1) is 12.2. The van der Waals surface area contributed by atoms with Gasteiger partial charge in [0.15, 0.2) is 0 Å². The fraction of sp³-hybridized carbons (Fsp3) is 0.800. The molecule has 81 valence electrons. The predicted molar refractivity (Wildman–Crippen MR) is 65.3 cm³/mol. The van der Waals surface area contributed by atoms with Crippen molar-refractivity contribution in [2.24, 2.45) is 0 Å². The second kappa shape index (κ2) is 7.46. The molecule has 0 aliphatic carbocycles. The summed E-state index contributed by atoms with van der Waals surface area (Å²) < 4.78 is 0. The van der Waals surface area contributed by atoms with Gasteiger partial charge in [-0.2, -0.15) is 0 Å². The molecule has 1 radical (unpaired) electrons. The monoisotopic (exact) mass is 232 g/mol. The van der Waals surface area contributed by atoms with Crippen molar-refractivity contribution in [3.05, 3.63) is 6.92 Å². The van der Waals surface area contributed by atoms with Gasteiger partial charge in [0.1, 0.15) is 0 Å². The third-order valence-electron chi connectivity index (χ3n) is 2.23. The van der Waals surface area contributed by atoms with E-state index in [-0.39, 0.29) is 5.91 Å². The van der Waals surface area contributed by atoms with Crippen LogP contribution in [0.25, 0.3) is 0 Å². The molecule has 0 aromatic rings. The predicted octanol–water partition coefficient (Wildman–Crippen LogP) is 2.65. The topological polar surface area (TPSA) is 29.1 Å². The van der Waals surface area contributed by atoms with Gasteiger partial charge in [0.2, 0.25) is 5.91 Å². The van der Waals surface area contributed by atoms with E-state index < -0.39 is 0 Å². The molecule has 1 unspecified atom stereocenters. The van der Waals surface area contributed by atoms with E-state index in [0.717, 1.165) is 11.7 Å².